The van der Waals surface area contributed by atoms with Crippen molar-refractivity contribution in [3.8, 4) is 5.75 Å². The van der Waals surface area contributed by atoms with E-state index in [-0.39, 0.29) is 5.01 Å². The molecule has 1 aromatic rings. The highest BCUT2D eigenvalue weighted by atomic mass is 19.4. The first-order chi connectivity index (χ1) is 10.6. The van der Waals surface area contributed by atoms with E-state index in [4.69, 9.17) is 4.74 Å². The number of alkyl halides is 3. The van der Waals surface area contributed by atoms with Crippen LogP contribution in [0.3, 0.4) is 0 Å². The van der Waals surface area contributed by atoms with E-state index in [0.29, 0.717) is 5.75 Å². The Hall–Kier alpha value is -2.09. The molecule has 1 amide bonds. The molecule has 23 heavy (non-hydrogen) atoms. The SMILES string of the molecule is Cc1cc(C)c(OCC(=O)N2N=CC[C@]2(O)C(F)(F)F)c(C)c1. The summed E-state index contributed by atoms with van der Waals surface area (Å²) >= 11 is 0. The molecule has 0 fully saturated rings. The molecule has 8 heteroatoms. The minimum absolute atomic E-state index is 0.0336. The van der Waals surface area contributed by atoms with Crippen molar-refractivity contribution >= 4 is 12.1 Å². The summed E-state index contributed by atoms with van der Waals surface area (Å²) in [5.41, 5.74) is -0.767. The largest absolute Gasteiger partial charge is 0.483 e. The Bertz CT molecular complexity index is 635. The third-order valence-corrected chi connectivity index (χ3v) is 3.56. The van der Waals surface area contributed by atoms with Crippen LogP contribution in [0.25, 0.3) is 0 Å². The first-order valence-corrected chi connectivity index (χ1v) is 6.91. The van der Waals surface area contributed by atoms with E-state index in [0.717, 1.165) is 22.9 Å². The average Bonchev–Trinajstić information content (AvgIpc) is 2.80. The van der Waals surface area contributed by atoms with Crippen LogP contribution in [-0.2, 0) is 4.79 Å². The van der Waals surface area contributed by atoms with E-state index in [2.05, 4.69) is 5.10 Å². The summed E-state index contributed by atoms with van der Waals surface area (Å²) in [6.07, 6.45) is -4.95. The zero-order valence-corrected chi connectivity index (χ0v) is 12.9. The second kappa shape index (κ2) is 5.84. The lowest BCUT2D eigenvalue weighted by Gasteiger charge is -2.32. The first kappa shape index (κ1) is 17.3. The van der Waals surface area contributed by atoms with Crippen LogP contribution in [0.15, 0.2) is 17.2 Å². The van der Waals surface area contributed by atoms with Crippen molar-refractivity contribution in [3.63, 3.8) is 0 Å². The van der Waals surface area contributed by atoms with Crippen molar-refractivity contribution in [3.05, 3.63) is 28.8 Å². The van der Waals surface area contributed by atoms with E-state index in [1.54, 1.807) is 13.8 Å². The fourth-order valence-electron chi connectivity index (χ4n) is 2.53. The molecule has 2 rings (SSSR count). The van der Waals surface area contributed by atoms with Crippen molar-refractivity contribution < 1.29 is 27.8 Å². The molecule has 0 saturated carbocycles. The van der Waals surface area contributed by atoms with Gasteiger partial charge in [-0.3, -0.25) is 4.79 Å². The van der Waals surface area contributed by atoms with Crippen LogP contribution >= 0.6 is 0 Å². The predicted octanol–water partition coefficient (Wildman–Crippen LogP) is 2.46. The fraction of sp³-hybridized carbons (Fsp3) is 0.467. The lowest BCUT2D eigenvalue weighted by Crippen LogP contribution is -2.57. The van der Waals surface area contributed by atoms with Crippen LogP contribution in [0.2, 0.25) is 0 Å². The van der Waals surface area contributed by atoms with Gasteiger partial charge >= 0.3 is 6.18 Å². The van der Waals surface area contributed by atoms with Crippen LogP contribution in [-0.4, -0.2) is 40.7 Å². The Morgan fingerprint density at radius 3 is 2.43 bits per heavy atom. The molecule has 126 valence electrons. The molecule has 0 aromatic heterocycles. The summed E-state index contributed by atoms with van der Waals surface area (Å²) < 4.78 is 44.1. The third-order valence-electron chi connectivity index (χ3n) is 3.56. The van der Waals surface area contributed by atoms with Gasteiger partial charge < -0.3 is 9.84 Å². The minimum atomic E-state index is -5.01. The predicted molar refractivity (Wildman–Crippen MR) is 77.1 cm³/mol. The maximum Gasteiger partial charge on any atom is 0.438 e. The summed E-state index contributed by atoms with van der Waals surface area (Å²) in [5.74, 6) is -0.638. The van der Waals surface area contributed by atoms with Gasteiger partial charge in [-0.15, -0.1) is 0 Å². The average molecular weight is 330 g/mol. The van der Waals surface area contributed by atoms with Crippen molar-refractivity contribution in [2.45, 2.75) is 39.1 Å². The van der Waals surface area contributed by atoms with E-state index < -0.39 is 30.8 Å². The number of aryl methyl sites for hydroxylation is 3. The quantitative estimate of drug-likeness (QED) is 0.926. The van der Waals surface area contributed by atoms with E-state index in [9.17, 15) is 23.1 Å². The first-order valence-electron chi connectivity index (χ1n) is 6.91. The summed E-state index contributed by atoms with van der Waals surface area (Å²) in [6.45, 7) is 4.80. The molecule has 1 N–H and O–H groups in total. The standard InChI is InChI=1S/C15H17F3N2O3/c1-9-6-10(2)13(11(3)7-9)23-8-12(21)20-14(22,4-5-19-20)15(16,17)18/h5-7,22H,4,8H2,1-3H3/t14-/m0/s1. The van der Waals surface area contributed by atoms with Gasteiger partial charge in [-0.2, -0.15) is 23.3 Å². The van der Waals surface area contributed by atoms with E-state index in [1.807, 2.05) is 19.1 Å². The van der Waals surface area contributed by atoms with Crippen LogP contribution in [0.1, 0.15) is 23.1 Å². The number of carbonyl (C=O) groups excluding carboxylic acids is 1. The Kier molecular flexibility index (Phi) is 4.39. The maximum atomic E-state index is 12.9. The summed E-state index contributed by atoms with van der Waals surface area (Å²) in [5, 5.41) is 13.1. The Morgan fingerprint density at radius 2 is 1.91 bits per heavy atom. The van der Waals surface area contributed by atoms with Gasteiger partial charge in [0.15, 0.2) is 6.61 Å². The Balaban J connectivity index is 2.13. The number of nitrogens with zero attached hydrogens (tertiary/aromatic N) is 2. The molecule has 0 bridgehead atoms. The van der Waals surface area contributed by atoms with Gasteiger partial charge in [0.2, 0.25) is 0 Å². The molecule has 0 unspecified atom stereocenters. The number of hydrogen-bond acceptors (Lipinski definition) is 4. The number of halogens is 3. The van der Waals surface area contributed by atoms with Gasteiger partial charge in [0.25, 0.3) is 11.6 Å². The van der Waals surface area contributed by atoms with Crippen LogP contribution in [0.5, 0.6) is 5.75 Å². The highest BCUT2D eigenvalue weighted by Gasteiger charge is 2.61. The summed E-state index contributed by atoms with van der Waals surface area (Å²) in [6, 6.07) is 3.68. The smallest absolute Gasteiger partial charge is 0.438 e. The van der Waals surface area contributed by atoms with Gasteiger partial charge in [-0.05, 0) is 31.9 Å². The molecule has 0 radical (unpaired) electrons. The van der Waals surface area contributed by atoms with Gasteiger partial charge in [-0.1, -0.05) is 17.7 Å². The van der Waals surface area contributed by atoms with Gasteiger partial charge in [0, 0.05) is 12.6 Å². The zero-order valence-electron chi connectivity index (χ0n) is 12.9. The number of rotatable bonds is 3. The number of benzene rings is 1. The molecule has 1 aromatic carbocycles. The summed E-state index contributed by atoms with van der Waals surface area (Å²) in [7, 11) is 0. The molecule has 5 nitrogen and oxygen atoms in total. The molecule has 0 spiro atoms. The van der Waals surface area contributed by atoms with Gasteiger partial charge in [0.1, 0.15) is 5.75 Å². The highest BCUT2D eigenvalue weighted by Crippen LogP contribution is 2.38. The van der Waals surface area contributed by atoms with Crippen molar-refractivity contribution in [2.24, 2.45) is 5.10 Å². The molecular formula is C15H17F3N2O3. The molecule has 1 aliphatic rings. The zero-order chi connectivity index (χ0) is 17.4. The van der Waals surface area contributed by atoms with Gasteiger partial charge in [-0.25, -0.2) is 0 Å². The number of hydrazone groups is 1. The lowest BCUT2D eigenvalue weighted by atomic mass is 10.1. The molecule has 1 heterocycles. The van der Waals surface area contributed by atoms with Crippen molar-refractivity contribution in [2.75, 3.05) is 6.61 Å². The maximum absolute atomic E-state index is 12.9. The van der Waals surface area contributed by atoms with Crippen LogP contribution in [0.4, 0.5) is 13.2 Å². The molecule has 0 aliphatic carbocycles. The number of carbonyl (C=O) groups is 1. The lowest BCUT2D eigenvalue weighted by molar-refractivity contribution is -0.302. The number of ether oxygens (including phenoxy) is 1. The summed E-state index contributed by atoms with van der Waals surface area (Å²) in [4.78, 5) is 12.0. The topological polar surface area (TPSA) is 62.1 Å². The van der Waals surface area contributed by atoms with Crippen molar-refractivity contribution in [1.82, 2.24) is 5.01 Å². The molecule has 1 aliphatic heterocycles. The van der Waals surface area contributed by atoms with Crippen molar-refractivity contribution in [1.29, 1.82) is 0 Å². The Labute approximate surface area is 131 Å². The normalized spacial score (nSPS) is 20.9. The number of aliphatic hydroxyl groups is 1. The molecule has 1 atom stereocenters. The highest BCUT2D eigenvalue weighted by molar-refractivity contribution is 5.81. The second-order valence-corrected chi connectivity index (χ2v) is 5.54. The third kappa shape index (κ3) is 3.17. The second-order valence-electron chi connectivity index (χ2n) is 5.54. The van der Waals surface area contributed by atoms with Crippen LogP contribution in [0, 0.1) is 20.8 Å². The van der Waals surface area contributed by atoms with Gasteiger partial charge in [0.05, 0.1) is 0 Å². The van der Waals surface area contributed by atoms with E-state index in [1.165, 1.54) is 0 Å². The monoisotopic (exact) mass is 330 g/mol. The number of amides is 1. The molecule has 0 saturated heterocycles. The number of hydrogen-bond donors (Lipinski definition) is 1. The minimum Gasteiger partial charge on any atom is -0.483 e. The fourth-order valence-corrected chi connectivity index (χ4v) is 2.53. The molecular weight excluding hydrogens is 313 g/mol. The Morgan fingerprint density at radius 1 is 1.35 bits per heavy atom. The van der Waals surface area contributed by atoms with Crippen LogP contribution < -0.4 is 4.74 Å². The van der Waals surface area contributed by atoms with E-state index >= 15 is 0 Å².